The maximum Gasteiger partial charge on any atom is 0.417 e. The fraction of sp³-hybridized carbons (Fsp3) is 0.167. The van der Waals surface area contributed by atoms with Crippen molar-refractivity contribution in [3.8, 4) is 5.69 Å². The molecule has 2 heterocycles. The Balaban J connectivity index is 0.00000462. The molecule has 12 nitrogen and oxygen atoms in total. The lowest BCUT2D eigenvalue weighted by molar-refractivity contribution is -0.139. The number of anilines is 3. The Labute approximate surface area is 240 Å². The van der Waals surface area contributed by atoms with Crippen LogP contribution in [0.2, 0.25) is 5.02 Å². The molecule has 1 unspecified atom stereocenters. The first-order valence-corrected chi connectivity index (χ1v) is 11.8. The fourth-order valence-electron chi connectivity index (χ4n) is 3.54. The van der Waals surface area contributed by atoms with Crippen LogP contribution in [0.4, 0.5) is 35.2 Å². The van der Waals surface area contributed by atoms with Crippen molar-refractivity contribution in [2.75, 3.05) is 16.0 Å². The Bertz CT molecular complexity index is 1580. The number of aliphatic carboxylic acids is 1. The van der Waals surface area contributed by atoms with Gasteiger partial charge in [-0.3, -0.25) is 14.2 Å². The van der Waals surface area contributed by atoms with Gasteiger partial charge in [0.15, 0.2) is 17.0 Å². The van der Waals surface area contributed by atoms with Crippen molar-refractivity contribution in [3.05, 3.63) is 65.7 Å². The highest BCUT2D eigenvalue weighted by Gasteiger charge is 2.33. The van der Waals surface area contributed by atoms with Gasteiger partial charge in [-0.15, -0.1) is 12.4 Å². The molecule has 0 aliphatic carbocycles. The summed E-state index contributed by atoms with van der Waals surface area (Å²) in [6, 6.07) is 7.46. The number of alkyl halides is 3. The van der Waals surface area contributed by atoms with Crippen LogP contribution in [0.15, 0.2) is 55.1 Å². The van der Waals surface area contributed by atoms with E-state index in [0.717, 1.165) is 12.1 Å². The number of halogens is 5. The van der Waals surface area contributed by atoms with Crippen LogP contribution in [0.3, 0.4) is 0 Å². The van der Waals surface area contributed by atoms with Gasteiger partial charge in [-0.25, -0.2) is 19.7 Å². The van der Waals surface area contributed by atoms with Crippen molar-refractivity contribution in [1.82, 2.24) is 19.5 Å². The molecule has 2 aromatic heterocycles. The molecule has 0 spiro atoms. The SMILES string of the molecule is Cl.NC(CCC(=O)Nc1ncnc2c1ncn2-c1ccc(NC(=O)Nc2ccc(Cl)c(C(F)(F)F)c2)cc1)C(=O)O. The Morgan fingerprint density at radius 1 is 1.00 bits per heavy atom. The molecule has 6 N–H and O–H groups in total. The molecular formula is C24H21Cl2F3N8O4. The number of rotatable bonds is 8. The summed E-state index contributed by atoms with van der Waals surface area (Å²) < 4.78 is 40.8. The molecule has 0 bridgehead atoms. The maximum absolute atomic E-state index is 13.1. The Morgan fingerprint density at radius 3 is 2.32 bits per heavy atom. The van der Waals surface area contributed by atoms with Gasteiger partial charge < -0.3 is 26.8 Å². The second kappa shape index (κ2) is 12.8. The fourth-order valence-corrected chi connectivity index (χ4v) is 3.76. The molecule has 4 rings (SSSR count). The quantitative estimate of drug-likeness (QED) is 0.190. The highest BCUT2D eigenvalue weighted by Crippen LogP contribution is 2.36. The van der Waals surface area contributed by atoms with Gasteiger partial charge in [0.2, 0.25) is 5.91 Å². The molecule has 0 saturated heterocycles. The van der Waals surface area contributed by atoms with Gasteiger partial charge in [0.25, 0.3) is 0 Å². The van der Waals surface area contributed by atoms with Gasteiger partial charge in [0.1, 0.15) is 18.7 Å². The van der Waals surface area contributed by atoms with E-state index in [1.807, 2.05) is 0 Å². The summed E-state index contributed by atoms with van der Waals surface area (Å²) >= 11 is 5.60. The molecule has 216 valence electrons. The van der Waals surface area contributed by atoms with E-state index in [1.165, 1.54) is 18.7 Å². The molecule has 4 aromatic rings. The third-order valence-corrected chi connectivity index (χ3v) is 5.85. The van der Waals surface area contributed by atoms with E-state index in [1.54, 1.807) is 28.8 Å². The van der Waals surface area contributed by atoms with Gasteiger partial charge in [-0.1, -0.05) is 11.6 Å². The van der Waals surface area contributed by atoms with Gasteiger partial charge in [0.05, 0.1) is 10.6 Å². The number of carboxylic acids is 1. The topological polar surface area (TPSA) is 177 Å². The zero-order valence-electron chi connectivity index (χ0n) is 20.6. The molecule has 0 fully saturated rings. The van der Waals surface area contributed by atoms with E-state index in [-0.39, 0.29) is 42.3 Å². The predicted octanol–water partition coefficient (Wildman–Crippen LogP) is 4.68. The molecule has 17 heteroatoms. The summed E-state index contributed by atoms with van der Waals surface area (Å²) in [5.74, 6) is -1.57. The minimum absolute atomic E-state index is 0. The first-order valence-electron chi connectivity index (χ1n) is 11.4. The van der Waals surface area contributed by atoms with Crippen molar-refractivity contribution >= 4 is 70.3 Å². The van der Waals surface area contributed by atoms with Crippen molar-refractivity contribution in [3.63, 3.8) is 0 Å². The number of hydrogen-bond donors (Lipinski definition) is 5. The molecular weight excluding hydrogens is 592 g/mol. The normalized spacial score (nSPS) is 11.8. The van der Waals surface area contributed by atoms with Crippen LogP contribution < -0.4 is 21.7 Å². The monoisotopic (exact) mass is 612 g/mol. The lowest BCUT2D eigenvalue weighted by Gasteiger charge is -2.12. The summed E-state index contributed by atoms with van der Waals surface area (Å²) in [5.41, 5.74) is 5.82. The van der Waals surface area contributed by atoms with Crippen LogP contribution in [0.25, 0.3) is 16.9 Å². The third kappa shape index (κ3) is 7.59. The number of hydrogen-bond acceptors (Lipinski definition) is 7. The third-order valence-electron chi connectivity index (χ3n) is 5.52. The van der Waals surface area contributed by atoms with Gasteiger partial charge in [0, 0.05) is 23.5 Å². The van der Waals surface area contributed by atoms with Gasteiger partial charge in [-0.2, -0.15) is 13.2 Å². The van der Waals surface area contributed by atoms with E-state index in [9.17, 15) is 27.6 Å². The summed E-state index contributed by atoms with van der Waals surface area (Å²) in [7, 11) is 0. The highest BCUT2D eigenvalue weighted by molar-refractivity contribution is 6.31. The zero-order valence-corrected chi connectivity index (χ0v) is 22.2. The number of benzene rings is 2. The number of carbonyl (C=O) groups excluding carboxylic acids is 2. The molecule has 2 aromatic carbocycles. The van der Waals surface area contributed by atoms with E-state index >= 15 is 0 Å². The molecule has 1 atom stereocenters. The van der Waals surface area contributed by atoms with Crippen molar-refractivity contribution in [1.29, 1.82) is 0 Å². The summed E-state index contributed by atoms with van der Waals surface area (Å²) in [6.07, 6.45) is -2.20. The van der Waals surface area contributed by atoms with Crippen LogP contribution in [-0.4, -0.2) is 48.6 Å². The summed E-state index contributed by atoms with van der Waals surface area (Å²) in [4.78, 5) is 47.9. The number of fused-ring (bicyclic) bond motifs is 1. The lowest BCUT2D eigenvalue weighted by Crippen LogP contribution is -2.31. The summed E-state index contributed by atoms with van der Waals surface area (Å²) in [5, 5.41) is 15.8. The Morgan fingerprint density at radius 2 is 1.66 bits per heavy atom. The minimum Gasteiger partial charge on any atom is -0.480 e. The number of carboxylic acid groups (broad SMARTS) is 1. The molecule has 3 amide bonds. The number of nitrogens with two attached hydrogens (primary N) is 1. The van der Waals surface area contributed by atoms with Crippen LogP contribution >= 0.6 is 24.0 Å². The minimum atomic E-state index is -4.67. The van der Waals surface area contributed by atoms with Crippen LogP contribution in [0.1, 0.15) is 18.4 Å². The largest absolute Gasteiger partial charge is 0.480 e. The molecule has 0 aliphatic heterocycles. The first-order chi connectivity index (χ1) is 18.9. The molecule has 41 heavy (non-hydrogen) atoms. The van der Waals surface area contributed by atoms with Crippen molar-refractivity contribution < 1.29 is 32.7 Å². The average Bonchev–Trinajstić information content (AvgIpc) is 3.33. The van der Waals surface area contributed by atoms with Gasteiger partial charge in [-0.05, 0) is 48.9 Å². The Kier molecular flexibility index (Phi) is 9.70. The number of imidazole rings is 1. The number of nitrogens with zero attached hydrogens (tertiary/aromatic N) is 4. The zero-order chi connectivity index (χ0) is 29.0. The average molecular weight is 613 g/mol. The number of carbonyl (C=O) groups is 3. The smallest absolute Gasteiger partial charge is 0.417 e. The second-order valence-corrected chi connectivity index (χ2v) is 8.77. The van der Waals surface area contributed by atoms with E-state index in [4.69, 9.17) is 22.4 Å². The van der Waals surface area contributed by atoms with Crippen LogP contribution in [0, 0.1) is 0 Å². The molecule has 0 radical (unpaired) electrons. The molecule has 0 aliphatic rings. The van der Waals surface area contributed by atoms with Crippen molar-refractivity contribution in [2.24, 2.45) is 5.73 Å². The standard InChI is InChI=1S/C24H20ClF3N8O4.ClH/c25-16-6-3-13(9-15(16)24(26,27)28)34-23(40)33-12-1-4-14(5-2-12)36-11-32-19-20(30-10-31-21(19)36)35-18(37)8-7-17(29)22(38)39;/h1-6,9-11,17H,7-8,29H2,(H,38,39)(H2,33,34,40)(H,30,31,35,37);1H. The van der Waals surface area contributed by atoms with Crippen LogP contribution in [0.5, 0.6) is 0 Å². The second-order valence-electron chi connectivity index (χ2n) is 8.36. The number of nitrogens with one attached hydrogen (secondary N) is 3. The number of aromatic nitrogens is 4. The van der Waals surface area contributed by atoms with Gasteiger partial charge >= 0.3 is 18.2 Å². The predicted molar refractivity (Wildman–Crippen MR) is 146 cm³/mol. The number of urea groups is 1. The summed E-state index contributed by atoms with van der Waals surface area (Å²) in [6.45, 7) is 0. The van der Waals surface area contributed by atoms with E-state index < -0.39 is 40.7 Å². The van der Waals surface area contributed by atoms with E-state index in [0.29, 0.717) is 17.0 Å². The van der Waals surface area contributed by atoms with Crippen LogP contribution in [-0.2, 0) is 15.8 Å². The number of amides is 3. The van der Waals surface area contributed by atoms with E-state index in [2.05, 4.69) is 30.9 Å². The highest BCUT2D eigenvalue weighted by atomic mass is 35.5. The first kappa shape index (κ1) is 31.1. The Hall–Kier alpha value is -4.47. The lowest BCUT2D eigenvalue weighted by atomic mass is 10.1. The van der Waals surface area contributed by atoms with Crippen molar-refractivity contribution in [2.45, 2.75) is 25.1 Å². The molecule has 0 saturated carbocycles. The maximum atomic E-state index is 13.1.